The predicted octanol–water partition coefficient (Wildman–Crippen LogP) is 0.0588. The first-order chi connectivity index (χ1) is 22.0. The van der Waals surface area contributed by atoms with Gasteiger partial charge in [-0.15, -0.1) is 0 Å². The second-order valence-corrected chi connectivity index (χ2v) is 11.3. The second kappa shape index (κ2) is 20.7. The molecule has 0 aliphatic carbocycles. The monoisotopic (exact) mass is 668 g/mol. The number of aliphatic hydroxyl groups excluding tert-OH is 5. The lowest BCUT2D eigenvalue weighted by Crippen LogP contribution is -2.50. The third-order valence-electron chi connectivity index (χ3n) is 7.22. The van der Waals surface area contributed by atoms with Gasteiger partial charge in [0.2, 0.25) is 0 Å². The number of amides is 1. The molecule has 0 spiro atoms. The molecule has 15 nitrogen and oxygen atoms in total. The number of aryl methyl sites for hydroxylation is 1. The molecule has 0 aliphatic heterocycles. The summed E-state index contributed by atoms with van der Waals surface area (Å²) in [6.45, 7) is 3.38. The fourth-order valence-electron chi connectivity index (χ4n) is 4.50. The average Bonchev–Trinajstić information content (AvgIpc) is 3.03. The highest BCUT2D eigenvalue weighted by Gasteiger charge is 2.31. The van der Waals surface area contributed by atoms with Crippen molar-refractivity contribution in [3.05, 3.63) is 40.7 Å². The Kier molecular flexibility index (Phi) is 17.5. The molecular weight excluding hydrogens is 620 g/mol. The van der Waals surface area contributed by atoms with Crippen molar-refractivity contribution in [2.45, 2.75) is 76.3 Å². The molecule has 4 atom stereocenters. The number of anilines is 2. The number of carbonyl (C=O) groups is 1. The van der Waals surface area contributed by atoms with E-state index in [0.717, 1.165) is 50.5 Å². The van der Waals surface area contributed by atoms with Crippen molar-refractivity contribution in [2.75, 3.05) is 50.9 Å². The van der Waals surface area contributed by atoms with Crippen LogP contribution >= 0.6 is 11.6 Å². The Hall–Kier alpha value is -3.31. The van der Waals surface area contributed by atoms with Crippen LogP contribution in [0.1, 0.15) is 61.5 Å². The van der Waals surface area contributed by atoms with E-state index in [1.165, 1.54) is 0 Å². The molecule has 0 unspecified atom stereocenters. The molecule has 1 aromatic heterocycles. The first kappa shape index (κ1) is 38.9. The number of nitrogens with two attached hydrogens (primary N) is 3. The lowest BCUT2D eigenvalue weighted by Gasteiger charge is -2.30. The molecule has 0 saturated heterocycles. The Bertz CT molecular complexity index is 1220. The number of halogens is 1. The number of aliphatic imine (C=N–C) groups is 1. The molecule has 2 rings (SSSR count). The van der Waals surface area contributed by atoms with Crippen molar-refractivity contribution in [3.63, 3.8) is 0 Å². The van der Waals surface area contributed by atoms with E-state index in [1.807, 2.05) is 29.2 Å². The maximum absolute atomic E-state index is 12.3. The Balaban J connectivity index is 1.76. The van der Waals surface area contributed by atoms with Gasteiger partial charge in [-0.3, -0.25) is 20.0 Å². The number of carbonyl (C=O) groups excluding carboxylic acids is 1. The van der Waals surface area contributed by atoms with Crippen molar-refractivity contribution in [2.24, 2.45) is 10.7 Å². The van der Waals surface area contributed by atoms with Gasteiger partial charge in [0, 0.05) is 19.6 Å². The first-order valence-corrected chi connectivity index (χ1v) is 15.8. The quantitative estimate of drug-likeness (QED) is 0.0485. The summed E-state index contributed by atoms with van der Waals surface area (Å²) in [4.78, 5) is 26.0. The van der Waals surface area contributed by atoms with Crippen LogP contribution in [0.3, 0.4) is 0 Å². The van der Waals surface area contributed by atoms with Crippen LogP contribution in [0.4, 0.5) is 11.6 Å². The number of ether oxygens (including phenoxy) is 1. The zero-order chi connectivity index (χ0) is 34.1. The molecule has 16 heteroatoms. The Morgan fingerprint density at radius 1 is 0.978 bits per heavy atom. The van der Waals surface area contributed by atoms with E-state index in [-0.39, 0.29) is 35.0 Å². The standard InChI is InChI=1S/C30H49ClN8O7/c1-2-3-4-7-14-39(17-21(41)24(43)25(44)22(42)18-40)15-16-46-20-11-9-19(10-12-20)8-5-6-13-35-30(34)38-29(45)23-27(32)37-28(33)26(31)36-23/h9-12,21-22,24-25,40-44H,2-8,13-18H2,1H3,(H4,32,33,37)(H3,34,35,38,45)/t21-,22+,24+,25-/m1/s1. The minimum Gasteiger partial charge on any atom is -0.492 e. The predicted molar refractivity (Wildman–Crippen MR) is 176 cm³/mol. The number of unbranched alkanes of at least 4 members (excludes halogenated alkanes) is 4. The zero-order valence-electron chi connectivity index (χ0n) is 26.3. The Morgan fingerprint density at radius 3 is 2.35 bits per heavy atom. The number of hydrogen-bond acceptors (Lipinski definition) is 13. The van der Waals surface area contributed by atoms with Crippen LogP contribution in [0, 0.1) is 0 Å². The number of aliphatic hydroxyl groups is 5. The summed E-state index contributed by atoms with van der Waals surface area (Å²) >= 11 is 5.81. The number of nitrogens with one attached hydrogen (secondary N) is 1. The highest BCUT2D eigenvalue weighted by atomic mass is 35.5. The maximum atomic E-state index is 12.3. The lowest BCUT2D eigenvalue weighted by atomic mass is 10.0. The van der Waals surface area contributed by atoms with Crippen molar-refractivity contribution in [1.29, 1.82) is 0 Å². The summed E-state index contributed by atoms with van der Waals surface area (Å²) in [5, 5.41) is 51.5. The summed E-state index contributed by atoms with van der Waals surface area (Å²) < 4.78 is 5.91. The smallest absolute Gasteiger partial charge is 0.280 e. The normalized spacial score (nSPS) is 14.6. The number of aromatic nitrogens is 2. The number of nitrogens with zero attached hydrogens (tertiary/aromatic N) is 4. The fourth-order valence-corrected chi connectivity index (χ4v) is 4.63. The van der Waals surface area contributed by atoms with Crippen LogP contribution in [0.15, 0.2) is 29.3 Å². The van der Waals surface area contributed by atoms with E-state index in [4.69, 9.17) is 38.6 Å². The second-order valence-electron chi connectivity index (χ2n) is 11.0. The van der Waals surface area contributed by atoms with Gasteiger partial charge in [-0.05, 0) is 49.9 Å². The number of rotatable bonds is 21. The molecule has 0 aliphatic rings. The molecule has 46 heavy (non-hydrogen) atoms. The molecule has 12 N–H and O–H groups in total. The molecule has 258 valence electrons. The lowest BCUT2D eigenvalue weighted by molar-refractivity contribution is -0.119. The summed E-state index contributed by atoms with van der Waals surface area (Å²) in [5.41, 5.74) is 17.9. The van der Waals surface area contributed by atoms with Gasteiger partial charge >= 0.3 is 0 Å². The minimum absolute atomic E-state index is 0.0770. The first-order valence-electron chi connectivity index (χ1n) is 15.4. The van der Waals surface area contributed by atoms with Gasteiger partial charge in [0.15, 0.2) is 28.4 Å². The van der Waals surface area contributed by atoms with E-state index in [1.54, 1.807) is 0 Å². The van der Waals surface area contributed by atoms with Gasteiger partial charge in [-0.1, -0.05) is 49.9 Å². The van der Waals surface area contributed by atoms with E-state index in [0.29, 0.717) is 32.0 Å². The van der Waals surface area contributed by atoms with Crippen LogP contribution in [0.5, 0.6) is 5.75 Å². The zero-order valence-corrected chi connectivity index (χ0v) is 27.0. The van der Waals surface area contributed by atoms with Gasteiger partial charge in [-0.25, -0.2) is 9.97 Å². The molecule has 0 saturated carbocycles. The number of hydrogen-bond donors (Lipinski definition) is 9. The van der Waals surface area contributed by atoms with Gasteiger partial charge in [-0.2, -0.15) is 0 Å². The largest absolute Gasteiger partial charge is 0.492 e. The fraction of sp³-hybridized carbons (Fsp3) is 0.600. The van der Waals surface area contributed by atoms with Crippen molar-refractivity contribution in [1.82, 2.24) is 20.2 Å². The van der Waals surface area contributed by atoms with E-state index < -0.39 is 36.9 Å². The van der Waals surface area contributed by atoms with Crippen LogP contribution in [-0.2, 0) is 6.42 Å². The summed E-state index contributed by atoms with van der Waals surface area (Å²) in [7, 11) is 0. The Labute approximate surface area is 274 Å². The number of guanidine groups is 1. The summed E-state index contributed by atoms with van der Waals surface area (Å²) in [6.07, 6.45) is 0.370. The van der Waals surface area contributed by atoms with Crippen LogP contribution in [-0.4, -0.2) is 116 Å². The Morgan fingerprint density at radius 2 is 1.67 bits per heavy atom. The summed E-state index contributed by atoms with van der Waals surface area (Å²) in [5.74, 6) is -0.334. The molecule has 1 heterocycles. The molecular formula is C30H49ClN8O7. The molecule has 2 aromatic rings. The number of nitrogen functional groups attached to an aromatic ring is 2. The van der Waals surface area contributed by atoms with E-state index in [9.17, 15) is 25.2 Å². The van der Waals surface area contributed by atoms with E-state index in [2.05, 4.69) is 27.2 Å². The van der Waals surface area contributed by atoms with Gasteiger partial charge in [0.05, 0.1) is 12.7 Å². The SMILES string of the molecule is CCCCCCN(CCOc1ccc(CCCCN=C(N)NC(=O)c2nc(Cl)c(N)nc2N)cc1)C[C@@H](O)[C@H](O)[C@H](O)[C@@H](O)CO. The number of benzene rings is 1. The van der Waals surface area contributed by atoms with Gasteiger partial charge in [0.1, 0.15) is 30.7 Å². The van der Waals surface area contributed by atoms with Gasteiger partial charge in [0.25, 0.3) is 5.91 Å². The van der Waals surface area contributed by atoms with Gasteiger partial charge < -0.3 is 47.5 Å². The van der Waals surface area contributed by atoms with Crippen LogP contribution < -0.4 is 27.3 Å². The maximum Gasteiger partial charge on any atom is 0.280 e. The topological polar surface area (TPSA) is 259 Å². The third-order valence-corrected chi connectivity index (χ3v) is 7.49. The summed E-state index contributed by atoms with van der Waals surface area (Å²) in [6, 6.07) is 7.73. The van der Waals surface area contributed by atoms with Crippen molar-refractivity contribution < 1.29 is 35.1 Å². The molecule has 0 fully saturated rings. The van der Waals surface area contributed by atoms with E-state index >= 15 is 0 Å². The molecule has 1 amide bonds. The van der Waals surface area contributed by atoms with Crippen LogP contribution in [0.2, 0.25) is 5.15 Å². The molecule has 0 radical (unpaired) electrons. The van der Waals surface area contributed by atoms with Crippen molar-refractivity contribution >= 4 is 35.1 Å². The highest BCUT2D eigenvalue weighted by molar-refractivity contribution is 6.31. The van der Waals surface area contributed by atoms with Crippen LogP contribution in [0.25, 0.3) is 0 Å². The average molecular weight is 669 g/mol. The molecule has 1 aromatic carbocycles. The van der Waals surface area contributed by atoms with Crippen molar-refractivity contribution in [3.8, 4) is 5.75 Å². The highest BCUT2D eigenvalue weighted by Crippen LogP contribution is 2.17. The third kappa shape index (κ3) is 13.6. The minimum atomic E-state index is -1.66. The molecule has 0 bridgehead atoms.